The molecule has 0 spiro atoms. The fourth-order valence-electron chi connectivity index (χ4n) is 2.25. The lowest BCUT2D eigenvalue weighted by Gasteiger charge is -2.37. The molecule has 0 aliphatic rings. The van der Waals surface area contributed by atoms with E-state index in [4.69, 9.17) is 4.74 Å². The molecular weight excluding hydrogens is 275 g/mol. The molecule has 0 bridgehead atoms. The first kappa shape index (κ1) is 16.9. The van der Waals surface area contributed by atoms with Crippen LogP contribution in [0.5, 0.6) is 0 Å². The van der Waals surface area contributed by atoms with Crippen LogP contribution < -0.4 is 10.2 Å². The number of carbonyl (C=O) groups excluding carboxylic acids is 2. The number of amides is 1. The Bertz CT molecular complexity index is 544. The van der Waals surface area contributed by atoms with Crippen molar-refractivity contribution in [2.75, 3.05) is 25.6 Å². The topological polar surface area (TPSA) is 58.6 Å². The summed E-state index contributed by atoms with van der Waals surface area (Å²) in [6, 6.07) is 4.26. The number of likely N-dealkylation sites (N-methyl/N-ethyl adjacent to an activating group) is 1. The third kappa shape index (κ3) is 3.32. The minimum Gasteiger partial charge on any atom is -0.467 e. The summed E-state index contributed by atoms with van der Waals surface area (Å²) in [5, 5.41) is 2.38. The molecule has 0 aromatic heterocycles. The lowest BCUT2D eigenvalue weighted by molar-refractivity contribution is -0.145. The minimum atomic E-state index is -0.940. The third-order valence-electron chi connectivity index (χ3n) is 3.41. The highest BCUT2D eigenvalue weighted by Gasteiger charge is 2.35. The Kier molecular flexibility index (Phi) is 5.29. The van der Waals surface area contributed by atoms with Gasteiger partial charge in [0.1, 0.15) is 11.4 Å². The van der Waals surface area contributed by atoms with Crippen LogP contribution in [0.2, 0.25) is 0 Å². The summed E-state index contributed by atoms with van der Waals surface area (Å²) in [6.45, 7) is 5.75. The molecule has 1 aromatic rings. The van der Waals surface area contributed by atoms with Gasteiger partial charge in [0.05, 0.1) is 12.7 Å². The van der Waals surface area contributed by atoms with Crippen molar-refractivity contribution < 1.29 is 18.7 Å². The summed E-state index contributed by atoms with van der Waals surface area (Å²) < 4.78 is 18.8. The minimum absolute atomic E-state index is 0.0341. The second kappa shape index (κ2) is 6.56. The summed E-state index contributed by atoms with van der Waals surface area (Å²) in [5.74, 6) is -1.54. The molecule has 0 fully saturated rings. The van der Waals surface area contributed by atoms with Crippen LogP contribution in [0.15, 0.2) is 18.2 Å². The van der Waals surface area contributed by atoms with Crippen molar-refractivity contribution in [3.05, 3.63) is 29.6 Å². The Morgan fingerprint density at radius 2 is 2.00 bits per heavy atom. The predicted octanol–water partition coefficient (Wildman–Crippen LogP) is 1.96. The normalized spacial score (nSPS) is 11.0. The van der Waals surface area contributed by atoms with Crippen LogP contribution in [0.25, 0.3) is 0 Å². The number of hydrogen-bond donors (Lipinski definition) is 1. The second-order valence-corrected chi connectivity index (χ2v) is 5.04. The molecule has 0 unspecified atom stereocenters. The van der Waals surface area contributed by atoms with Gasteiger partial charge in [0.2, 0.25) is 0 Å². The van der Waals surface area contributed by atoms with E-state index in [-0.39, 0.29) is 5.56 Å². The molecule has 0 radical (unpaired) electrons. The van der Waals surface area contributed by atoms with E-state index in [1.165, 1.54) is 26.3 Å². The molecule has 5 nitrogen and oxygen atoms in total. The van der Waals surface area contributed by atoms with Crippen molar-refractivity contribution in [1.29, 1.82) is 0 Å². The van der Waals surface area contributed by atoms with Gasteiger partial charge in [-0.25, -0.2) is 9.18 Å². The lowest BCUT2D eigenvalue weighted by atomic mass is 10.0. The zero-order valence-electron chi connectivity index (χ0n) is 13.0. The van der Waals surface area contributed by atoms with Gasteiger partial charge in [0.15, 0.2) is 0 Å². The van der Waals surface area contributed by atoms with Crippen molar-refractivity contribution in [3.63, 3.8) is 0 Å². The molecule has 6 heteroatoms. The van der Waals surface area contributed by atoms with Crippen LogP contribution in [0.1, 0.15) is 31.1 Å². The zero-order chi connectivity index (χ0) is 16.2. The maximum absolute atomic E-state index is 14.1. The van der Waals surface area contributed by atoms with Crippen LogP contribution in [0.4, 0.5) is 10.1 Å². The molecule has 1 N–H and O–H groups in total. The molecule has 0 saturated heterocycles. The summed E-state index contributed by atoms with van der Waals surface area (Å²) in [4.78, 5) is 25.1. The molecule has 116 valence electrons. The number of halogens is 1. The number of hydrogen-bond acceptors (Lipinski definition) is 4. The van der Waals surface area contributed by atoms with Gasteiger partial charge in [-0.1, -0.05) is 0 Å². The first-order valence-corrected chi connectivity index (χ1v) is 6.67. The molecule has 0 aliphatic carbocycles. The number of nitrogens with zero attached hydrogens (tertiary/aromatic N) is 1. The van der Waals surface area contributed by atoms with E-state index in [2.05, 4.69) is 5.32 Å². The van der Waals surface area contributed by atoms with Crippen molar-refractivity contribution in [2.45, 2.75) is 26.3 Å². The lowest BCUT2D eigenvalue weighted by Crippen LogP contribution is -2.51. The van der Waals surface area contributed by atoms with Crippen molar-refractivity contribution in [1.82, 2.24) is 5.32 Å². The Morgan fingerprint density at radius 1 is 1.38 bits per heavy atom. The number of anilines is 1. The van der Waals surface area contributed by atoms with E-state index >= 15 is 0 Å². The number of benzene rings is 1. The average Bonchev–Trinajstić information content (AvgIpc) is 2.46. The molecule has 21 heavy (non-hydrogen) atoms. The largest absolute Gasteiger partial charge is 0.467 e. The van der Waals surface area contributed by atoms with E-state index < -0.39 is 23.2 Å². The van der Waals surface area contributed by atoms with Gasteiger partial charge >= 0.3 is 5.97 Å². The van der Waals surface area contributed by atoms with E-state index in [1.54, 1.807) is 24.8 Å². The first-order chi connectivity index (χ1) is 9.79. The Labute approximate surface area is 124 Å². The van der Waals surface area contributed by atoms with Crippen molar-refractivity contribution in [3.8, 4) is 0 Å². The maximum Gasteiger partial charge on any atom is 0.331 e. The quantitative estimate of drug-likeness (QED) is 0.844. The van der Waals surface area contributed by atoms with Gasteiger partial charge in [-0.3, -0.25) is 4.79 Å². The van der Waals surface area contributed by atoms with Gasteiger partial charge in [0.25, 0.3) is 5.91 Å². The van der Waals surface area contributed by atoms with E-state index in [0.717, 1.165) is 0 Å². The van der Waals surface area contributed by atoms with Crippen LogP contribution in [-0.2, 0) is 9.53 Å². The number of carbonyl (C=O) groups is 2. The van der Waals surface area contributed by atoms with Crippen LogP contribution in [-0.4, -0.2) is 38.1 Å². The molecule has 1 rings (SSSR count). The number of methoxy groups -OCH3 is 1. The number of nitrogens with one attached hydrogen (secondary N) is 1. The molecule has 0 saturated carbocycles. The Balaban J connectivity index is 3.22. The smallest absolute Gasteiger partial charge is 0.331 e. The highest BCUT2D eigenvalue weighted by atomic mass is 19.1. The predicted molar refractivity (Wildman–Crippen MR) is 78.9 cm³/mol. The van der Waals surface area contributed by atoms with Crippen molar-refractivity contribution >= 4 is 17.6 Å². The molecule has 0 atom stereocenters. The van der Waals surface area contributed by atoms with Crippen LogP contribution in [0.3, 0.4) is 0 Å². The Morgan fingerprint density at radius 3 is 2.43 bits per heavy atom. The molecular formula is C15H21FN2O3. The van der Waals surface area contributed by atoms with E-state index in [0.29, 0.717) is 12.2 Å². The van der Waals surface area contributed by atoms with E-state index in [9.17, 15) is 14.0 Å². The number of rotatable bonds is 5. The second-order valence-electron chi connectivity index (χ2n) is 5.04. The first-order valence-electron chi connectivity index (χ1n) is 6.67. The van der Waals surface area contributed by atoms with Crippen molar-refractivity contribution in [2.24, 2.45) is 0 Å². The molecule has 0 aliphatic heterocycles. The standard InChI is InChI=1S/C15H21FN2O3/c1-6-18(15(2,3)14(20)21-5)10-7-8-11(12(16)9-10)13(19)17-4/h7-9H,6H2,1-5H3,(H,17,19). The van der Waals surface area contributed by atoms with Gasteiger partial charge < -0.3 is 15.0 Å². The van der Waals surface area contributed by atoms with Crippen LogP contribution >= 0.6 is 0 Å². The number of esters is 1. The third-order valence-corrected chi connectivity index (χ3v) is 3.41. The Hall–Kier alpha value is -2.11. The van der Waals surface area contributed by atoms with Gasteiger partial charge in [-0.15, -0.1) is 0 Å². The van der Waals surface area contributed by atoms with Crippen LogP contribution in [0, 0.1) is 5.82 Å². The molecule has 0 heterocycles. The fraction of sp³-hybridized carbons (Fsp3) is 0.467. The van der Waals surface area contributed by atoms with Gasteiger partial charge in [-0.2, -0.15) is 0 Å². The summed E-state index contributed by atoms with van der Waals surface area (Å²) in [5.41, 5.74) is -0.462. The van der Waals surface area contributed by atoms with Gasteiger partial charge in [-0.05, 0) is 39.0 Å². The maximum atomic E-state index is 14.1. The summed E-state index contributed by atoms with van der Waals surface area (Å²) >= 11 is 0. The molecule has 1 amide bonds. The summed E-state index contributed by atoms with van der Waals surface area (Å²) in [6.07, 6.45) is 0. The number of ether oxygens (including phenoxy) is 1. The monoisotopic (exact) mass is 296 g/mol. The SMILES string of the molecule is CCN(c1ccc(C(=O)NC)c(F)c1)C(C)(C)C(=O)OC. The molecule has 1 aromatic carbocycles. The highest BCUT2D eigenvalue weighted by Crippen LogP contribution is 2.26. The zero-order valence-corrected chi connectivity index (χ0v) is 13.0. The fourth-order valence-corrected chi connectivity index (χ4v) is 2.25. The average molecular weight is 296 g/mol. The highest BCUT2D eigenvalue weighted by molar-refractivity contribution is 5.94. The van der Waals surface area contributed by atoms with E-state index in [1.807, 2.05) is 6.92 Å². The summed E-state index contributed by atoms with van der Waals surface area (Å²) in [7, 11) is 2.75. The van der Waals surface area contributed by atoms with Gasteiger partial charge in [0, 0.05) is 19.3 Å².